The van der Waals surface area contributed by atoms with E-state index in [0.29, 0.717) is 38.6 Å². The lowest BCUT2D eigenvalue weighted by atomic mass is 9.81. The molecular weight excluding hydrogens is 686 g/mol. The van der Waals surface area contributed by atoms with Crippen molar-refractivity contribution in [1.29, 1.82) is 0 Å². The minimum absolute atomic E-state index is 0.0433. The zero-order valence-corrected chi connectivity index (χ0v) is 30.3. The molecule has 0 aliphatic heterocycles. The van der Waals surface area contributed by atoms with Gasteiger partial charge in [0.2, 0.25) is 29.5 Å². The Morgan fingerprint density at radius 1 is 0.596 bits per heavy atom. The lowest BCUT2D eigenvalue weighted by molar-refractivity contribution is -0.143. The molecule has 0 radical (unpaired) electrons. The molecule has 1 aliphatic rings. The third-order valence-electron chi connectivity index (χ3n) is 8.53. The van der Waals surface area contributed by atoms with E-state index in [1.54, 1.807) is 0 Å². The molecule has 0 saturated heterocycles. The number of carboxylic acids is 4. The minimum atomic E-state index is -1.50. The summed E-state index contributed by atoms with van der Waals surface area (Å²) in [5, 5.41) is 49.5. The quantitative estimate of drug-likeness (QED) is 0.0700. The van der Waals surface area contributed by atoms with Crippen molar-refractivity contribution in [3.63, 3.8) is 0 Å². The number of carbonyl (C=O) groups is 9. The first-order valence-electron chi connectivity index (χ1n) is 17.5. The molecule has 294 valence electrons. The molecule has 0 heterocycles. The highest BCUT2D eigenvalue weighted by Gasteiger charge is 2.32. The van der Waals surface area contributed by atoms with Gasteiger partial charge in [0.25, 0.3) is 0 Å². The molecule has 1 rings (SSSR count). The third-order valence-corrected chi connectivity index (χ3v) is 8.53. The van der Waals surface area contributed by atoms with Crippen molar-refractivity contribution in [2.24, 2.45) is 17.3 Å². The van der Waals surface area contributed by atoms with Crippen LogP contribution in [0.3, 0.4) is 0 Å². The van der Waals surface area contributed by atoms with E-state index in [1.807, 2.05) is 20.8 Å². The fraction of sp³-hybridized carbons (Fsp3) is 0.735. The lowest BCUT2D eigenvalue weighted by Crippen LogP contribution is -2.55. The van der Waals surface area contributed by atoms with Crippen molar-refractivity contribution in [3.05, 3.63) is 0 Å². The van der Waals surface area contributed by atoms with E-state index in [4.69, 9.17) is 10.2 Å². The Labute approximate surface area is 302 Å². The fourth-order valence-corrected chi connectivity index (χ4v) is 5.62. The number of hydrogen-bond donors (Lipinski definition) is 9. The van der Waals surface area contributed by atoms with Gasteiger partial charge >= 0.3 is 23.9 Å². The molecule has 0 aromatic carbocycles. The molecule has 5 amide bonds. The Morgan fingerprint density at radius 3 is 1.58 bits per heavy atom. The lowest BCUT2D eigenvalue weighted by Gasteiger charge is -2.29. The Kier molecular flexibility index (Phi) is 19.3. The second kappa shape index (κ2) is 22.2. The number of hydrogen-bond acceptors (Lipinski definition) is 9. The molecule has 0 spiro atoms. The van der Waals surface area contributed by atoms with E-state index in [1.165, 1.54) is 6.92 Å². The van der Waals surface area contributed by atoms with Gasteiger partial charge in [0.15, 0.2) is 0 Å². The van der Waals surface area contributed by atoms with Crippen LogP contribution in [0.5, 0.6) is 0 Å². The summed E-state index contributed by atoms with van der Waals surface area (Å²) in [5.41, 5.74) is -0.141. The molecular formula is C34H55N5O13. The predicted octanol–water partition coefficient (Wildman–Crippen LogP) is 0.764. The summed E-state index contributed by atoms with van der Waals surface area (Å²) in [6, 6.07) is -5.01. The molecule has 0 aromatic heterocycles. The van der Waals surface area contributed by atoms with Crippen molar-refractivity contribution >= 4 is 53.4 Å². The van der Waals surface area contributed by atoms with Crippen LogP contribution in [0.4, 0.5) is 0 Å². The summed E-state index contributed by atoms with van der Waals surface area (Å²) in [5.74, 6) is -8.49. The molecule has 1 fully saturated rings. The van der Waals surface area contributed by atoms with Crippen molar-refractivity contribution in [1.82, 2.24) is 26.6 Å². The molecule has 52 heavy (non-hydrogen) atoms. The molecule has 0 aromatic rings. The van der Waals surface area contributed by atoms with Crippen molar-refractivity contribution in [3.8, 4) is 0 Å². The van der Waals surface area contributed by atoms with Crippen LogP contribution >= 0.6 is 0 Å². The maximum atomic E-state index is 13.2. The van der Waals surface area contributed by atoms with Crippen LogP contribution < -0.4 is 26.6 Å². The van der Waals surface area contributed by atoms with Crippen LogP contribution in [0.1, 0.15) is 111 Å². The van der Waals surface area contributed by atoms with Gasteiger partial charge in [-0.2, -0.15) is 0 Å². The van der Waals surface area contributed by atoms with E-state index < -0.39 is 103 Å². The predicted molar refractivity (Wildman–Crippen MR) is 183 cm³/mol. The average molecular weight is 742 g/mol. The van der Waals surface area contributed by atoms with Crippen molar-refractivity contribution in [2.45, 2.75) is 135 Å². The molecule has 18 heteroatoms. The summed E-state index contributed by atoms with van der Waals surface area (Å²) >= 11 is 0. The first-order chi connectivity index (χ1) is 24.2. The average Bonchev–Trinajstić information content (AvgIpc) is 3.03. The third kappa shape index (κ3) is 19.6. The van der Waals surface area contributed by atoms with Crippen molar-refractivity contribution in [2.75, 3.05) is 6.54 Å². The van der Waals surface area contributed by atoms with Gasteiger partial charge in [-0.3, -0.25) is 38.4 Å². The maximum Gasteiger partial charge on any atom is 0.326 e. The number of amides is 5. The SMILES string of the molecule is CC(CCC(=O)O)NC(=O)C(CCC(=O)O)NC(=O)C(CCC(=O)O)NC(=O)CCC(NC(=O)C1CCC(CNC(=O)CC(C)(C)C)CC1)C(=O)O. The number of carbonyl (C=O) groups excluding carboxylic acids is 5. The summed E-state index contributed by atoms with van der Waals surface area (Å²) < 4.78 is 0. The first kappa shape index (κ1) is 45.3. The Morgan fingerprint density at radius 2 is 1.08 bits per heavy atom. The minimum Gasteiger partial charge on any atom is -0.481 e. The highest BCUT2D eigenvalue weighted by molar-refractivity contribution is 5.93. The van der Waals surface area contributed by atoms with Gasteiger partial charge < -0.3 is 47.0 Å². The van der Waals surface area contributed by atoms with E-state index >= 15 is 0 Å². The smallest absolute Gasteiger partial charge is 0.326 e. The maximum absolute atomic E-state index is 13.2. The normalized spacial score (nSPS) is 18.0. The van der Waals surface area contributed by atoms with Gasteiger partial charge in [-0.15, -0.1) is 0 Å². The number of carboxylic acid groups (broad SMARTS) is 4. The highest BCUT2D eigenvalue weighted by atomic mass is 16.4. The molecule has 4 atom stereocenters. The van der Waals surface area contributed by atoms with Gasteiger partial charge in [0, 0.05) is 50.6 Å². The number of nitrogens with one attached hydrogen (secondary N) is 5. The summed E-state index contributed by atoms with van der Waals surface area (Å²) in [6.07, 6.45) is -0.230. The van der Waals surface area contributed by atoms with Gasteiger partial charge in [-0.05, 0) is 69.6 Å². The first-order valence-corrected chi connectivity index (χ1v) is 17.5. The van der Waals surface area contributed by atoms with Gasteiger partial charge in [0.1, 0.15) is 18.1 Å². The molecule has 0 bridgehead atoms. The van der Waals surface area contributed by atoms with Crippen LogP contribution in [0.25, 0.3) is 0 Å². The molecule has 1 aliphatic carbocycles. The van der Waals surface area contributed by atoms with Gasteiger partial charge in [-0.25, -0.2) is 4.79 Å². The van der Waals surface area contributed by atoms with Gasteiger partial charge in [-0.1, -0.05) is 20.8 Å². The van der Waals surface area contributed by atoms with E-state index in [0.717, 1.165) is 0 Å². The molecule has 1 saturated carbocycles. The fourth-order valence-electron chi connectivity index (χ4n) is 5.62. The molecule has 9 N–H and O–H groups in total. The topological polar surface area (TPSA) is 295 Å². The molecule has 4 unspecified atom stereocenters. The van der Waals surface area contributed by atoms with Crippen LogP contribution in [0.2, 0.25) is 0 Å². The van der Waals surface area contributed by atoms with Crippen LogP contribution in [-0.4, -0.2) is 105 Å². The zero-order valence-electron chi connectivity index (χ0n) is 30.3. The van der Waals surface area contributed by atoms with Crippen LogP contribution in [-0.2, 0) is 43.2 Å². The Balaban J connectivity index is 2.80. The van der Waals surface area contributed by atoms with E-state index in [2.05, 4.69) is 26.6 Å². The Hall–Kier alpha value is -4.77. The van der Waals surface area contributed by atoms with E-state index in [-0.39, 0.29) is 42.9 Å². The monoisotopic (exact) mass is 741 g/mol. The standard InChI is InChI=1S/C34H55N5O13/c1-19(5-14-27(42)43)36-31(49)23(12-16-29(46)47)38-32(50)22(11-15-28(44)45)37-25(40)13-10-24(33(51)52)39-30(48)21-8-6-20(7-9-21)18-35-26(41)17-34(2,3)4/h19-24H,5-18H2,1-4H3,(H,35,41)(H,36,49)(H,37,40)(H,38,50)(H,39,48)(H,42,43)(H,44,45)(H,46,47)(H,51,52). The number of aliphatic carboxylic acids is 4. The van der Waals surface area contributed by atoms with Gasteiger partial charge in [0.05, 0.1) is 0 Å². The largest absolute Gasteiger partial charge is 0.481 e. The zero-order chi connectivity index (χ0) is 39.6. The van der Waals surface area contributed by atoms with E-state index in [9.17, 15) is 53.4 Å². The van der Waals surface area contributed by atoms with Crippen molar-refractivity contribution < 1.29 is 63.6 Å². The number of rotatable bonds is 23. The Bertz CT molecular complexity index is 1290. The summed E-state index contributed by atoms with van der Waals surface area (Å²) in [6.45, 7) is 7.92. The molecule has 18 nitrogen and oxygen atoms in total. The van der Waals surface area contributed by atoms with Crippen LogP contribution in [0.15, 0.2) is 0 Å². The second-order valence-electron chi connectivity index (χ2n) is 14.6. The highest BCUT2D eigenvalue weighted by Crippen LogP contribution is 2.29. The second-order valence-corrected chi connectivity index (χ2v) is 14.6. The van der Waals surface area contributed by atoms with Crippen LogP contribution in [0, 0.1) is 17.3 Å². The summed E-state index contributed by atoms with van der Waals surface area (Å²) in [4.78, 5) is 109. The summed E-state index contributed by atoms with van der Waals surface area (Å²) in [7, 11) is 0.